The van der Waals surface area contributed by atoms with Crippen molar-refractivity contribution < 1.29 is 5.11 Å². The molecule has 0 bridgehead atoms. The first-order valence-electron chi connectivity index (χ1n) is 5.15. The Bertz CT molecular complexity index is 305. The molecule has 0 aliphatic heterocycles. The maximum Gasteiger partial charge on any atom is 0.121 e. The van der Waals surface area contributed by atoms with E-state index < -0.39 is 0 Å². The molecule has 0 radical (unpaired) electrons. The molecule has 1 aromatic rings. The minimum Gasteiger partial charge on any atom is -0.508 e. The van der Waals surface area contributed by atoms with Crippen molar-refractivity contribution in [1.82, 2.24) is 4.90 Å². The molecule has 0 aromatic heterocycles. The highest BCUT2D eigenvalue weighted by molar-refractivity contribution is 6.31. The van der Waals surface area contributed by atoms with E-state index in [1.165, 1.54) is 0 Å². The van der Waals surface area contributed by atoms with Crippen molar-refractivity contribution in [3.8, 4) is 5.75 Å². The Labute approximate surface area is 96.5 Å². The van der Waals surface area contributed by atoms with Crippen molar-refractivity contribution in [1.29, 1.82) is 0 Å². The monoisotopic (exact) mass is 227 g/mol. The summed E-state index contributed by atoms with van der Waals surface area (Å²) in [6, 6.07) is 5.23. The molecule has 0 amide bonds. The quantitative estimate of drug-likeness (QED) is 0.855. The number of benzene rings is 1. The second-order valence-electron chi connectivity index (χ2n) is 4.33. The summed E-state index contributed by atoms with van der Waals surface area (Å²) in [4.78, 5) is 2.16. The number of aromatic hydroxyl groups is 1. The predicted molar refractivity (Wildman–Crippen MR) is 64.3 cm³/mol. The topological polar surface area (TPSA) is 23.5 Å². The van der Waals surface area contributed by atoms with Crippen LogP contribution in [0.15, 0.2) is 18.2 Å². The number of nitrogens with zero attached hydrogens (tertiary/aromatic N) is 1. The van der Waals surface area contributed by atoms with Crippen LogP contribution in [0.4, 0.5) is 0 Å². The number of hydrogen-bond acceptors (Lipinski definition) is 2. The second-order valence-corrected chi connectivity index (χ2v) is 4.74. The van der Waals surface area contributed by atoms with Gasteiger partial charge in [-0.3, -0.25) is 0 Å². The van der Waals surface area contributed by atoms with E-state index in [-0.39, 0.29) is 5.75 Å². The first kappa shape index (κ1) is 12.3. The Morgan fingerprint density at radius 2 is 2.07 bits per heavy atom. The molecule has 1 N–H and O–H groups in total. The Kier molecular flexibility index (Phi) is 4.43. The summed E-state index contributed by atoms with van der Waals surface area (Å²) in [5, 5.41) is 10.3. The fourth-order valence-corrected chi connectivity index (χ4v) is 1.89. The largest absolute Gasteiger partial charge is 0.508 e. The lowest BCUT2D eigenvalue weighted by Gasteiger charge is -2.20. The zero-order chi connectivity index (χ0) is 11.4. The van der Waals surface area contributed by atoms with Crippen molar-refractivity contribution >= 4 is 11.6 Å². The van der Waals surface area contributed by atoms with Crippen LogP contribution in [0, 0.1) is 5.92 Å². The van der Waals surface area contributed by atoms with Gasteiger partial charge in [-0.25, -0.2) is 0 Å². The molecule has 3 heteroatoms. The first-order valence-corrected chi connectivity index (χ1v) is 5.53. The smallest absolute Gasteiger partial charge is 0.121 e. The molecule has 0 saturated carbocycles. The van der Waals surface area contributed by atoms with E-state index >= 15 is 0 Å². The molecule has 0 spiro atoms. The van der Waals surface area contributed by atoms with Crippen LogP contribution < -0.4 is 0 Å². The lowest BCUT2D eigenvalue weighted by atomic mass is 10.1. The van der Waals surface area contributed by atoms with Crippen LogP contribution in [0.5, 0.6) is 5.75 Å². The second kappa shape index (κ2) is 5.38. The van der Waals surface area contributed by atoms with Crippen LogP contribution in [0.1, 0.15) is 19.4 Å². The van der Waals surface area contributed by atoms with E-state index in [0.717, 1.165) is 12.1 Å². The summed E-state index contributed by atoms with van der Waals surface area (Å²) in [6.07, 6.45) is 0. The third-order valence-electron chi connectivity index (χ3n) is 2.20. The molecule has 0 atom stereocenters. The molecule has 0 aliphatic rings. The molecule has 0 fully saturated rings. The third kappa shape index (κ3) is 3.73. The average Bonchev–Trinajstić information content (AvgIpc) is 2.10. The zero-order valence-corrected chi connectivity index (χ0v) is 10.3. The minimum atomic E-state index is 0.276. The van der Waals surface area contributed by atoms with Crippen molar-refractivity contribution in [2.24, 2.45) is 5.92 Å². The van der Waals surface area contributed by atoms with Crippen LogP contribution in [-0.4, -0.2) is 23.6 Å². The molecule has 84 valence electrons. The highest BCUT2D eigenvalue weighted by atomic mass is 35.5. The van der Waals surface area contributed by atoms with Gasteiger partial charge in [-0.2, -0.15) is 0 Å². The van der Waals surface area contributed by atoms with E-state index in [1.54, 1.807) is 18.2 Å². The summed E-state index contributed by atoms with van der Waals surface area (Å²) in [7, 11) is 2.03. The molecule has 1 aromatic carbocycles. The van der Waals surface area contributed by atoms with Crippen molar-refractivity contribution in [2.75, 3.05) is 13.6 Å². The van der Waals surface area contributed by atoms with E-state index in [2.05, 4.69) is 18.7 Å². The summed E-state index contributed by atoms with van der Waals surface area (Å²) in [5.74, 6) is 0.887. The van der Waals surface area contributed by atoms with Crippen LogP contribution >= 0.6 is 11.6 Å². The summed E-state index contributed by atoms with van der Waals surface area (Å²) in [5.41, 5.74) is 0.808. The number of hydrogen-bond donors (Lipinski definition) is 1. The van der Waals surface area contributed by atoms with Gasteiger partial charge in [0.05, 0.1) is 0 Å². The van der Waals surface area contributed by atoms with Gasteiger partial charge in [-0.1, -0.05) is 31.5 Å². The van der Waals surface area contributed by atoms with Crippen molar-refractivity contribution in [3.63, 3.8) is 0 Å². The van der Waals surface area contributed by atoms with Gasteiger partial charge in [0.2, 0.25) is 0 Å². The van der Waals surface area contributed by atoms with E-state index in [1.807, 2.05) is 7.05 Å². The zero-order valence-electron chi connectivity index (χ0n) is 9.50. The highest BCUT2D eigenvalue weighted by Gasteiger charge is 2.09. The van der Waals surface area contributed by atoms with Gasteiger partial charge in [0.15, 0.2) is 0 Å². The van der Waals surface area contributed by atoms with E-state index in [9.17, 15) is 5.11 Å². The molecule has 0 aliphatic carbocycles. The molecule has 0 unspecified atom stereocenters. The van der Waals surface area contributed by atoms with Gasteiger partial charge in [0, 0.05) is 23.7 Å². The van der Waals surface area contributed by atoms with Crippen LogP contribution in [0.3, 0.4) is 0 Å². The first-order chi connectivity index (χ1) is 7.00. The predicted octanol–water partition coefficient (Wildman–Crippen LogP) is 3.13. The lowest BCUT2D eigenvalue weighted by molar-refractivity contribution is 0.284. The van der Waals surface area contributed by atoms with E-state index in [0.29, 0.717) is 17.5 Å². The summed E-state index contributed by atoms with van der Waals surface area (Å²) in [6.45, 7) is 6.01. The molecule has 1 rings (SSSR count). The van der Waals surface area contributed by atoms with Gasteiger partial charge in [-0.15, -0.1) is 0 Å². The van der Waals surface area contributed by atoms with Crippen LogP contribution in [-0.2, 0) is 6.54 Å². The van der Waals surface area contributed by atoms with Crippen molar-refractivity contribution in [2.45, 2.75) is 20.4 Å². The van der Waals surface area contributed by atoms with Gasteiger partial charge in [0.1, 0.15) is 5.75 Å². The number of rotatable bonds is 4. The maximum absolute atomic E-state index is 9.66. The summed E-state index contributed by atoms with van der Waals surface area (Å²) < 4.78 is 0. The number of phenolic OH excluding ortho intramolecular Hbond substituents is 1. The molecule has 0 heterocycles. The summed E-state index contributed by atoms with van der Waals surface area (Å²) >= 11 is 6.02. The lowest BCUT2D eigenvalue weighted by Crippen LogP contribution is -2.22. The van der Waals surface area contributed by atoms with Gasteiger partial charge in [0.25, 0.3) is 0 Å². The highest BCUT2D eigenvalue weighted by Crippen LogP contribution is 2.26. The van der Waals surface area contributed by atoms with E-state index in [4.69, 9.17) is 11.6 Å². The maximum atomic E-state index is 9.66. The Morgan fingerprint density at radius 3 is 2.60 bits per heavy atom. The average molecular weight is 228 g/mol. The molecule has 0 saturated heterocycles. The number of phenols is 1. The van der Waals surface area contributed by atoms with Gasteiger partial charge < -0.3 is 10.0 Å². The van der Waals surface area contributed by atoms with Gasteiger partial charge >= 0.3 is 0 Å². The minimum absolute atomic E-state index is 0.276. The molecular formula is C12H18ClNO. The number of halogens is 1. The standard InChI is InChI=1S/C12H18ClNO/c1-9(2)7-14(3)8-10-11(13)5-4-6-12(10)15/h4-6,9,15H,7-8H2,1-3H3. The molecule has 2 nitrogen and oxygen atoms in total. The SMILES string of the molecule is CC(C)CN(C)Cc1c(O)cccc1Cl. The van der Waals surface area contributed by atoms with Crippen LogP contribution in [0.2, 0.25) is 5.02 Å². The Morgan fingerprint density at radius 1 is 1.40 bits per heavy atom. The fourth-order valence-electron chi connectivity index (χ4n) is 1.66. The fraction of sp³-hybridized carbons (Fsp3) is 0.500. The Balaban J connectivity index is 2.71. The third-order valence-corrected chi connectivity index (χ3v) is 2.55. The van der Waals surface area contributed by atoms with Gasteiger partial charge in [-0.05, 0) is 25.1 Å². The van der Waals surface area contributed by atoms with Crippen molar-refractivity contribution in [3.05, 3.63) is 28.8 Å². The van der Waals surface area contributed by atoms with Crippen LogP contribution in [0.25, 0.3) is 0 Å². The normalized spacial score (nSPS) is 11.3. The molecule has 15 heavy (non-hydrogen) atoms. The molecular weight excluding hydrogens is 210 g/mol. The Hall–Kier alpha value is -0.730.